The Kier molecular flexibility index (Phi) is 7.14. The van der Waals surface area contributed by atoms with E-state index in [1.807, 2.05) is 12.1 Å². The average Bonchev–Trinajstić information content (AvgIpc) is 3.53. The molecule has 1 aliphatic carbocycles. The third kappa shape index (κ3) is 6.03. The number of ether oxygens (including phenoxy) is 2. The molecule has 3 heterocycles. The molecule has 0 radical (unpaired) electrons. The Bertz CT molecular complexity index is 1570. The molecule has 12 heteroatoms. The lowest BCUT2D eigenvalue weighted by Gasteiger charge is -2.37. The summed E-state index contributed by atoms with van der Waals surface area (Å²) in [7, 11) is 0. The van der Waals surface area contributed by atoms with Gasteiger partial charge in [0.1, 0.15) is 22.9 Å². The lowest BCUT2D eigenvalue weighted by Crippen LogP contribution is -2.44. The molecule has 2 aliphatic rings. The monoisotopic (exact) mass is 590 g/mol. The van der Waals surface area contributed by atoms with Gasteiger partial charge in [-0.15, -0.1) is 24.5 Å². The number of carboxylic acids is 1. The predicted molar refractivity (Wildman–Crippen MR) is 144 cm³/mol. The van der Waals surface area contributed by atoms with Crippen molar-refractivity contribution in [3.05, 3.63) is 64.7 Å². The van der Waals surface area contributed by atoms with E-state index < -0.39 is 18.0 Å². The van der Waals surface area contributed by atoms with Crippen LogP contribution < -0.4 is 9.64 Å². The van der Waals surface area contributed by atoms with E-state index in [2.05, 4.69) is 14.8 Å². The molecule has 2 aromatic heterocycles. The van der Waals surface area contributed by atoms with Gasteiger partial charge in [-0.3, -0.25) is 0 Å². The SMILES string of the molecule is O=C(O)c1csc2cc(N3CCC(F)(COCc4c(-c5cccc(OC(F)(F)F)c5)noc4C4CC4)CC3)ccc12. The van der Waals surface area contributed by atoms with Gasteiger partial charge < -0.3 is 24.0 Å². The van der Waals surface area contributed by atoms with E-state index in [4.69, 9.17) is 9.26 Å². The fourth-order valence-electron chi connectivity index (χ4n) is 5.22. The summed E-state index contributed by atoms with van der Waals surface area (Å²) in [5, 5.41) is 15.8. The Balaban J connectivity index is 1.10. The lowest BCUT2D eigenvalue weighted by atomic mass is 9.93. The molecule has 2 aromatic carbocycles. The lowest BCUT2D eigenvalue weighted by molar-refractivity contribution is -0.274. The minimum absolute atomic E-state index is 0.0192. The third-order valence-electron chi connectivity index (χ3n) is 7.53. The number of anilines is 1. The number of thiophene rings is 1. The number of halogens is 4. The van der Waals surface area contributed by atoms with Crippen LogP contribution in [0.15, 0.2) is 52.4 Å². The van der Waals surface area contributed by atoms with Gasteiger partial charge in [0.25, 0.3) is 0 Å². The van der Waals surface area contributed by atoms with Crippen LogP contribution in [0.3, 0.4) is 0 Å². The first kappa shape index (κ1) is 27.5. The molecule has 7 nitrogen and oxygen atoms in total. The Labute approximate surface area is 236 Å². The van der Waals surface area contributed by atoms with Crippen LogP contribution in [0.5, 0.6) is 5.75 Å². The molecule has 41 heavy (non-hydrogen) atoms. The molecule has 1 aliphatic heterocycles. The molecule has 0 amide bonds. The van der Waals surface area contributed by atoms with Crippen LogP contribution in [0.4, 0.5) is 23.2 Å². The quantitative estimate of drug-likeness (QED) is 0.202. The number of fused-ring (bicyclic) bond motifs is 1. The van der Waals surface area contributed by atoms with Crippen molar-refractivity contribution in [3.63, 3.8) is 0 Å². The van der Waals surface area contributed by atoms with Gasteiger partial charge in [-0.2, -0.15) is 0 Å². The van der Waals surface area contributed by atoms with E-state index >= 15 is 4.39 Å². The first-order chi connectivity index (χ1) is 19.6. The first-order valence-corrected chi connectivity index (χ1v) is 14.1. The van der Waals surface area contributed by atoms with E-state index in [0.717, 1.165) is 23.2 Å². The number of hydrogen-bond acceptors (Lipinski definition) is 7. The Hall–Kier alpha value is -3.64. The van der Waals surface area contributed by atoms with E-state index in [1.54, 1.807) is 17.5 Å². The van der Waals surface area contributed by atoms with E-state index in [0.29, 0.717) is 41.1 Å². The summed E-state index contributed by atoms with van der Waals surface area (Å²) in [4.78, 5) is 13.5. The summed E-state index contributed by atoms with van der Waals surface area (Å²) in [6.45, 7) is 0.824. The number of carboxylic acid groups (broad SMARTS) is 1. The number of alkyl halides is 4. The van der Waals surface area contributed by atoms with E-state index in [9.17, 15) is 23.1 Å². The van der Waals surface area contributed by atoms with E-state index in [-0.39, 0.29) is 43.3 Å². The Morgan fingerprint density at radius 3 is 2.66 bits per heavy atom. The number of benzene rings is 2. The van der Waals surface area contributed by atoms with Crippen LogP contribution in [-0.2, 0) is 11.3 Å². The highest BCUT2D eigenvalue weighted by atomic mass is 32.1. The number of piperidine rings is 1. The van der Waals surface area contributed by atoms with Gasteiger partial charge in [0, 0.05) is 64.1 Å². The summed E-state index contributed by atoms with van der Waals surface area (Å²) in [6, 6.07) is 11.1. The largest absolute Gasteiger partial charge is 0.573 e. The first-order valence-electron chi connectivity index (χ1n) is 13.2. The normalized spacial score (nSPS) is 17.2. The Morgan fingerprint density at radius 1 is 1.17 bits per heavy atom. The summed E-state index contributed by atoms with van der Waals surface area (Å²) in [6.07, 6.45) is -2.50. The van der Waals surface area contributed by atoms with Gasteiger partial charge in [0.2, 0.25) is 0 Å². The highest BCUT2D eigenvalue weighted by Gasteiger charge is 2.37. The zero-order valence-corrected chi connectivity index (χ0v) is 22.6. The maximum atomic E-state index is 15.8. The molecule has 1 saturated heterocycles. The highest BCUT2D eigenvalue weighted by Crippen LogP contribution is 2.45. The van der Waals surface area contributed by atoms with Crippen molar-refractivity contribution < 1.29 is 41.5 Å². The summed E-state index contributed by atoms with van der Waals surface area (Å²) in [5.41, 5.74) is 1.01. The second-order valence-corrected chi connectivity index (χ2v) is 11.4. The summed E-state index contributed by atoms with van der Waals surface area (Å²) >= 11 is 1.37. The van der Waals surface area contributed by atoms with Gasteiger partial charge in [0.05, 0.1) is 18.8 Å². The molecule has 1 N–H and O–H groups in total. The van der Waals surface area contributed by atoms with Crippen LogP contribution in [-0.4, -0.2) is 48.0 Å². The maximum absolute atomic E-state index is 15.8. The van der Waals surface area contributed by atoms with Crippen molar-refractivity contribution in [1.29, 1.82) is 0 Å². The Morgan fingerprint density at radius 2 is 1.95 bits per heavy atom. The van der Waals surface area contributed by atoms with Crippen molar-refractivity contribution in [1.82, 2.24) is 5.16 Å². The standard InChI is InChI=1S/C29H26F4N2O5S/c30-28(8-10-35(11-9-28)19-6-7-21-23(27(36)37)15-41-24(21)13-19)16-38-14-22-25(34-40-26(22)17-4-5-17)18-2-1-3-20(12-18)39-29(31,32)33/h1-3,6-7,12-13,15,17H,4-5,8-11,14,16H2,(H,36,37). The highest BCUT2D eigenvalue weighted by molar-refractivity contribution is 7.17. The number of rotatable bonds is 9. The average molecular weight is 591 g/mol. The van der Waals surface area contributed by atoms with Gasteiger partial charge in [-0.05, 0) is 37.1 Å². The van der Waals surface area contributed by atoms with Crippen molar-refractivity contribution in [2.45, 2.75) is 50.2 Å². The van der Waals surface area contributed by atoms with Gasteiger partial charge >= 0.3 is 12.3 Å². The molecule has 2 fully saturated rings. The number of nitrogens with zero attached hydrogens (tertiary/aromatic N) is 2. The molecular formula is C29H26F4N2O5S. The molecule has 1 saturated carbocycles. The molecule has 0 unspecified atom stereocenters. The molecule has 6 rings (SSSR count). The molecular weight excluding hydrogens is 564 g/mol. The van der Waals surface area contributed by atoms with Crippen molar-refractivity contribution >= 4 is 33.1 Å². The molecule has 216 valence electrons. The van der Waals surface area contributed by atoms with Crippen LogP contribution in [0, 0.1) is 0 Å². The zero-order valence-electron chi connectivity index (χ0n) is 21.7. The summed E-state index contributed by atoms with van der Waals surface area (Å²) < 4.78 is 70.3. The van der Waals surface area contributed by atoms with Crippen LogP contribution in [0.1, 0.15) is 53.3 Å². The fourth-order valence-corrected chi connectivity index (χ4v) is 6.19. The number of hydrogen-bond donors (Lipinski definition) is 1. The van der Waals surface area contributed by atoms with Gasteiger partial charge in [-0.25, -0.2) is 9.18 Å². The number of aromatic carboxylic acids is 1. The molecule has 0 spiro atoms. The summed E-state index contributed by atoms with van der Waals surface area (Å²) in [5.74, 6) is -0.539. The van der Waals surface area contributed by atoms with Gasteiger partial charge in [0.15, 0.2) is 0 Å². The predicted octanol–water partition coefficient (Wildman–Crippen LogP) is 7.56. The second kappa shape index (κ2) is 10.6. The zero-order chi connectivity index (χ0) is 28.8. The number of carbonyl (C=O) groups is 1. The van der Waals surface area contributed by atoms with Crippen molar-refractivity contribution in [3.8, 4) is 17.0 Å². The van der Waals surface area contributed by atoms with E-state index in [1.165, 1.54) is 29.5 Å². The number of aromatic nitrogens is 1. The minimum Gasteiger partial charge on any atom is -0.478 e. The van der Waals surface area contributed by atoms with Crippen LogP contribution in [0.2, 0.25) is 0 Å². The third-order valence-corrected chi connectivity index (χ3v) is 8.47. The molecule has 0 bridgehead atoms. The smallest absolute Gasteiger partial charge is 0.478 e. The topological polar surface area (TPSA) is 85.0 Å². The minimum atomic E-state index is -4.82. The van der Waals surface area contributed by atoms with Crippen molar-refractivity contribution in [2.24, 2.45) is 0 Å². The molecule has 4 aromatic rings. The van der Waals surface area contributed by atoms with Crippen LogP contribution >= 0.6 is 11.3 Å². The second-order valence-electron chi connectivity index (χ2n) is 10.5. The maximum Gasteiger partial charge on any atom is 0.573 e. The van der Waals surface area contributed by atoms with Gasteiger partial charge in [-0.1, -0.05) is 23.4 Å². The van der Waals surface area contributed by atoms with Crippen LogP contribution in [0.25, 0.3) is 21.3 Å². The fraction of sp³-hybridized carbons (Fsp3) is 0.379. The van der Waals surface area contributed by atoms with Crippen molar-refractivity contribution in [2.75, 3.05) is 24.6 Å². The molecule has 0 atom stereocenters.